The first kappa shape index (κ1) is 15.0. The molecule has 3 N–H and O–H groups in total. The number of rotatable bonds is 6. The molecular formula is C12H17BrN4O3. The fourth-order valence-corrected chi connectivity index (χ4v) is 2.80. The fourth-order valence-electron chi connectivity index (χ4n) is 2.06. The van der Waals surface area contributed by atoms with Crippen molar-refractivity contribution in [1.82, 2.24) is 19.5 Å². The van der Waals surface area contributed by atoms with Gasteiger partial charge < -0.3 is 9.67 Å². The number of hydrogen-bond acceptors (Lipinski definition) is 4. The molecule has 0 aromatic carbocycles. The number of nitrogens with zero attached hydrogens (tertiary/aromatic N) is 2. The molecule has 0 amide bonds. The van der Waals surface area contributed by atoms with Crippen LogP contribution >= 0.6 is 15.9 Å². The van der Waals surface area contributed by atoms with Crippen molar-refractivity contribution in [1.29, 1.82) is 0 Å². The number of nitrogens with one attached hydrogen (secondary N) is 2. The topological polar surface area (TPSA) is 104 Å². The van der Waals surface area contributed by atoms with Gasteiger partial charge in [-0.1, -0.05) is 35.7 Å². The molecule has 0 saturated carbocycles. The van der Waals surface area contributed by atoms with Crippen LogP contribution in [0.25, 0.3) is 11.2 Å². The largest absolute Gasteiger partial charge is 0.393 e. The van der Waals surface area contributed by atoms with Crippen LogP contribution < -0.4 is 11.2 Å². The zero-order valence-electron chi connectivity index (χ0n) is 11.1. The van der Waals surface area contributed by atoms with Gasteiger partial charge in [-0.05, 0) is 6.42 Å². The Morgan fingerprint density at radius 3 is 2.90 bits per heavy atom. The van der Waals surface area contributed by atoms with Gasteiger partial charge in [0.15, 0.2) is 5.52 Å². The number of H-pyrrole nitrogens is 2. The second-order valence-corrected chi connectivity index (χ2v) is 5.78. The van der Waals surface area contributed by atoms with Gasteiger partial charge in [-0.2, -0.15) is 0 Å². The van der Waals surface area contributed by atoms with Crippen molar-refractivity contribution in [2.75, 3.05) is 0 Å². The van der Waals surface area contributed by atoms with E-state index in [1.807, 2.05) is 0 Å². The minimum Gasteiger partial charge on any atom is -0.393 e. The summed E-state index contributed by atoms with van der Waals surface area (Å²) in [6.07, 6.45) is 4.22. The summed E-state index contributed by atoms with van der Waals surface area (Å²) in [6.45, 7) is 2.07. The van der Waals surface area contributed by atoms with Gasteiger partial charge in [0, 0.05) is 6.42 Å². The number of aliphatic hydroxyl groups is 1. The van der Waals surface area contributed by atoms with E-state index in [0.29, 0.717) is 12.1 Å². The van der Waals surface area contributed by atoms with Crippen molar-refractivity contribution in [3.8, 4) is 0 Å². The lowest BCUT2D eigenvalue weighted by Gasteiger charge is -2.16. The number of aromatic nitrogens is 4. The molecule has 0 aliphatic heterocycles. The Morgan fingerprint density at radius 2 is 2.20 bits per heavy atom. The van der Waals surface area contributed by atoms with Crippen LogP contribution in [0.3, 0.4) is 0 Å². The molecule has 0 aliphatic carbocycles. The third kappa shape index (κ3) is 3.18. The summed E-state index contributed by atoms with van der Waals surface area (Å²) < 4.78 is 1.64. The first-order chi connectivity index (χ1) is 9.52. The van der Waals surface area contributed by atoms with Gasteiger partial charge in [0.05, 0.1) is 17.4 Å². The van der Waals surface area contributed by atoms with Gasteiger partial charge in [0.2, 0.25) is 0 Å². The molecule has 2 unspecified atom stereocenters. The van der Waals surface area contributed by atoms with Crippen LogP contribution in [-0.2, 0) is 0 Å². The number of hydrogen-bond donors (Lipinski definition) is 3. The summed E-state index contributed by atoms with van der Waals surface area (Å²) in [5.41, 5.74) is -0.565. The predicted octanol–water partition coefficient (Wildman–Crippen LogP) is 1.25. The summed E-state index contributed by atoms with van der Waals surface area (Å²) in [6, 6.07) is 0. The molecule has 2 aromatic rings. The maximum atomic E-state index is 11.6. The molecule has 0 saturated heterocycles. The lowest BCUT2D eigenvalue weighted by Crippen LogP contribution is -2.23. The smallest absolute Gasteiger partial charge is 0.327 e. The molecule has 0 aliphatic rings. The number of fused-ring (bicyclic) bond motifs is 1. The maximum Gasteiger partial charge on any atom is 0.327 e. The van der Waals surface area contributed by atoms with Crippen molar-refractivity contribution in [3.63, 3.8) is 0 Å². The van der Waals surface area contributed by atoms with E-state index in [2.05, 4.69) is 37.8 Å². The molecule has 110 valence electrons. The molecular weight excluding hydrogens is 328 g/mol. The zero-order chi connectivity index (χ0) is 14.7. The molecule has 8 heteroatoms. The van der Waals surface area contributed by atoms with E-state index >= 15 is 0 Å². The SMILES string of the molecule is CCCCC(O)CC(Br)n1cnc2c(=O)[nH]c(=O)[nH]c21. The highest BCUT2D eigenvalue weighted by Crippen LogP contribution is 2.25. The lowest BCUT2D eigenvalue weighted by atomic mass is 10.1. The minimum absolute atomic E-state index is 0.178. The van der Waals surface area contributed by atoms with Crippen LogP contribution in [0, 0.1) is 0 Å². The zero-order valence-corrected chi connectivity index (χ0v) is 12.7. The van der Waals surface area contributed by atoms with Crippen molar-refractivity contribution in [2.24, 2.45) is 0 Å². The summed E-state index contributed by atoms with van der Waals surface area (Å²) >= 11 is 3.46. The van der Waals surface area contributed by atoms with Gasteiger partial charge in [0.1, 0.15) is 5.65 Å². The van der Waals surface area contributed by atoms with E-state index in [9.17, 15) is 14.7 Å². The minimum atomic E-state index is -0.574. The highest BCUT2D eigenvalue weighted by atomic mass is 79.9. The van der Waals surface area contributed by atoms with Gasteiger partial charge in [-0.25, -0.2) is 9.78 Å². The van der Waals surface area contributed by atoms with Crippen LogP contribution in [0.2, 0.25) is 0 Å². The molecule has 7 nitrogen and oxygen atoms in total. The average Bonchev–Trinajstić information content (AvgIpc) is 2.80. The maximum absolute atomic E-state index is 11.6. The second kappa shape index (κ2) is 6.36. The van der Waals surface area contributed by atoms with E-state index in [1.165, 1.54) is 6.33 Å². The monoisotopic (exact) mass is 344 g/mol. The summed E-state index contributed by atoms with van der Waals surface area (Å²) in [5.74, 6) is 0. The first-order valence-electron chi connectivity index (χ1n) is 6.54. The van der Waals surface area contributed by atoms with E-state index in [1.54, 1.807) is 4.57 Å². The van der Waals surface area contributed by atoms with Gasteiger partial charge >= 0.3 is 5.69 Å². The van der Waals surface area contributed by atoms with Crippen molar-refractivity contribution < 1.29 is 5.11 Å². The highest BCUT2D eigenvalue weighted by molar-refractivity contribution is 9.09. The van der Waals surface area contributed by atoms with Gasteiger partial charge in [-0.15, -0.1) is 0 Å². The number of aromatic amines is 2. The van der Waals surface area contributed by atoms with E-state index < -0.39 is 17.4 Å². The Balaban J connectivity index is 2.24. The van der Waals surface area contributed by atoms with Crippen LogP contribution in [0.15, 0.2) is 15.9 Å². The molecule has 2 rings (SSSR count). The Morgan fingerprint density at radius 1 is 1.45 bits per heavy atom. The summed E-state index contributed by atoms with van der Waals surface area (Å²) in [4.78, 5) is 31.3. The number of halogens is 1. The molecule has 2 aromatic heterocycles. The normalized spacial score (nSPS) is 14.6. The standard InChI is InChI=1S/C12H17BrN4O3/c1-2-3-4-7(18)5-8(13)17-6-14-9-10(17)15-12(20)16-11(9)19/h6-8,18H,2-5H2,1H3,(H2,15,16,19,20). The van der Waals surface area contributed by atoms with E-state index in [0.717, 1.165) is 19.3 Å². The van der Waals surface area contributed by atoms with Crippen LogP contribution in [0.5, 0.6) is 0 Å². The average molecular weight is 345 g/mol. The van der Waals surface area contributed by atoms with Crippen molar-refractivity contribution in [3.05, 3.63) is 27.2 Å². The number of alkyl halides is 1. The highest BCUT2D eigenvalue weighted by Gasteiger charge is 2.17. The number of imidazole rings is 1. The molecule has 0 bridgehead atoms. The molecule has 0 fully saturated rings. The fraction of sp³-hybridized carbons (Fsp3) is 0.583. The quantitative estimate of drug-likeness (QED) is 0.686. The Labute approximate surface area is 123 Å². The third-order valence-electron chi connectivity index (χ3n) is 3.13. The van der Waals surface area contributed by atoms with Crippen LogP contribution in [-0.4, -0.2) is 30.7 Å². The van der Waals surface area contributed by atoms with Crippen LogP contribution in [0.4, 0.5) is 0 Å². The molecule has 0 radical (unpaired) electrons. The first-order valence-corrected chi connectivity index (χ1v) is 7.45. The molecule has 20 heavy (non-hydrogen) atoms. The number of unbranched alkanes of at least 4 members (excludes halogenated alkanes) is 1. The third-order valence-corrected chi connectivity index (χ3v) is 3.94. The predicted molar refractivity (Wildman–Crippen MR) is 79.1 cm³/mol. The van der Waals surface area contributed by atoms with Crippen LogP contribution in [0.1, 0.15) is 37.6 Å². The van der Waals surface area contributed by atoms with Gasteiger partial charge in [-0.3, -0.25) is 14.8 Å². The van der Waals surface area contributed by atoms with Gasteiger partial charge in [0.25, 0.3) is 5.56 Å². The Kier molecular flexibility index (Phi) is 4.77. The Hall–Kier alpha value is -1.41. The van der Waals surface area contributed by atoms with Crippen molar-refractivity contribution in [2.45, 2.75) is 43.7 Å². The summed E-state index contributed by atoms with van der Waals surface area (Å²) in [7, 11) is 0. The molecule has 0 spiro atoms. The van der Waals surface area contributed by atoms with E-state index in [-0.39, 0.29) is 10.5 Å². The molecule has 2 atom stereocenters. The Bertz CT molecular complexity index is 690. The number of aliphatic hydroxyl groups excluding tert-OH is 1. The lowest BCUT2D eigenvalue weighted by molar-refractivity contribution is 0.146. The second-order valence-electron chi connectivity index (χ2n) is 4.72. The van der Waals surface area contributed by atoms with E-state index in [4.69, 9.17) is 0 Å². The summed E-state index contributed by atoms with van der Waals surface area (Å²) in [5, 5.41) is 9.93. The van der Waals surface area contributed by atoms with Crippen molar-refractivity contribution >= 4 is 27.1 Å². The molecule has 2 heterocycles.